The number of nitrogens with zero attached hydrogens (tertiary/aromatic N) is 1. The zero-order valence-electron chi connectivity index (χ0n) is 15.2. The van der Waals surface area contributed by atoms with Crippen molar-refractivity contribution < 1.29 is 18.7 Å². The SMILES string of the molecule is Cc1ccccc1OCc1ccc(C(=O)NCCCN2CCOCC2)o1. The van der Waals surface area contributed by atoms with Crippen molar-refractivity contribution in [1.82, 2.24) is 10.2 Å². The van der Waals surface area contributed by atoms with Gasteiger partial charge < -0.3 is 19.2 Å². The third-order valence-electron chi connectivity index (χ3n) is 4.39. The van der Waals surface area contributed by atoms with E-state index in [1.807, 2.05) is 31.2 Å². The molecule has 1 aromatic carbocycles. The molecule has 1 aromatic heterocycles. The molecule has 0 bridgehead atoms. The molecule has 2 aromatic rings. The highest BCUT2D eigenvalue weighted by Gasteiger charge is 2.13. The fraction of sp³-hybridized carbons (Fsp3) is 0.450. The van der Waals surface area contributed by atoms with Crippen molar-refractivity contribution in [1.29, 1.82) is 0 Å². The molecule has 0 aliphatic carbocycles. The minimum absolute atomic E-state index is 0.186. The van der Waals surface area contributed by atoms with E-state index < -0.39 is 0 Å². The van der Waals surface area contributed by atoms with Crippen molar-refractivity contribution >= 4 is 5.91 Å². The van der Waals surface area contributed by atoms with E-state index in [9.17, 15) is 4.79 Å². The van der Waals surface area contributed by atoms with Gasteiger partial charge in [0.1, 0.15) is 18.1 Å². The third-order valence-corrected chi connectivity index (χ3v) is 4.39. The molecule has 6 heteroatoms. The van der Waals surface area contributed by atoms with Crippen LogP contribution >= 0.6 is 0 Å². The number of morpholine rings is 1. The molecule has 6 nitrogen and oxygen atoms in total. The Bertz CT molecular complexity index is 707. The van der Waals surface area contributed by atoms with Crippen molar-refractivity contribution in [3.05, 3.63) is 53.5 Å². The Hall–Kier alpha value is -2.31. The average Bonchev–Trinajstić information content (AvgIpc) is 3.14. The van der Waals surface area contributed by atoms with E-state index in [0.29, 0.717) is 24.7 Å². The first-order chi connectivity index (χ1) is 12.7. The maximum absolute atomic E-state index is 12.2. The third kappa shape index (κ3) is 5.34. The lowest BCUT2D eigenvalue weighted by Crippen LogP contribution is -2.38. The van der Waals surface area contributed by atoms with Crippen LogP contribution in [0.1, 0.15) is 28.3 Å². The fourth-order valence-electron chi connectivity index (χ4n) is 2.86. The van der Waals surface area contributed by atoms with Gasteiger partial charge in [-0.05, 0) is 43.7 Å². The number of aryl methyl sites for hydroxylation is 1. The molecule has 1 N–H and O–H groups in total. The second-order valence-electron chi connectivity index (χ2n) is 6.38. The lowest BCUT2D eigenvalue weighted by molar-refractivity contribution is 0.0374. The number of furan rings is 1. The highest BCUT2D eigenvalue weighted by Crippen LogP contribution is 2.18. The van der Waals surface area contributed by atoms with Gasteiger partial charge in [-0.15, -0.1) is 0 Å². The molecule has 0 saturated carbocycles. The van der Waals surface area contributed by atoms with E-state index in [4.69, 9.17) is 13.9 Å². The number of benzene rings is 1. The van der Waals surface area contributed by atoms with Crippen LogP contribution in [0.4, 0.5) is 0 Å². The van der Waals surface area contributed by atoms with Gasteiger partial charge in [-0.1, -0.05) is 18.2 Å². The number of rotatable bonds is 8. The minimum Gasteiger partial charge on any atom is -0.485 e. The summed E-state index contributed by atoms with van der Waals surface area (Å²) in [7, 11) is 0. The van der Waals surface area contributed by atoms with Crippen LogP contribution in [0, 0.1) is 6.92 Å². The van der Waals surface area contributed by atoms with Gasteiger partial charge in [0.25, 0.3) is 5.91 Å². The Kier molecular flexibility index (Phi) is 6.68. The molecular formula is C20H26N2O4. The van der Waals surface area contributed by atoms with Gasteiger partial charge in [0.2, 0.25) is 0 Å². The first kappa shape index (κ1) is 18.5. The summed E-state index contributed by atoms with van der Waals surface area (Å²) >= 11 is 0. The van der Waals surface area contributed by atoms with E-state index in [1.165, 1.54) is 0 Å². The summed E-state index contributed by atoms with van der Waals surface area (Å²) in [4.78, 5) is 14.5. The highest BCUT2D eigenvalue weighted by atomic mass is 16.5. The van der Waals surface area contributed by atoms with E-state index >= 15 is 0 Å². The standard InChI is InChI=1S/C20H26N2O4/c1-16-5-2-3-6-18(16)25-15-17-7-8-19(26-17)20(23)21-9-4-10-22-11-13-24-14-12-22/h2-3,5-8H,4,9-15H2,1H3,(H,21,23). The lowest BCUT2D eigenvalue weighted by Gasteiger charge is -2.26. The Morgan fingerprint density at radius 3 is 2.81 bits per heavy atom. The first-order valence-electron chi connectivity index (χ1n) is 9.08. The van der Waals surface area contributed by atoms with E-state index in [-0.39, 0.29) is 5.91 Å². The number of para-hydroxylation sites is 1. The molecule has 1 fully saturated rings. The number of amides is 1. The van der Waals surface area contributed by atoms with E-state index in [0.717, 1.165) is 50.6 Å². The number of carbonyl (C=O) groups excluding carboxylic acids is 1. The molecule has 1 saturated heterocycles. The Morgan fingerprint density at radius 2 is 2.00 bits per heavy atom. The quantitative estimate of drug-likeness (QED) is 0.735. The van der Waals surface area contributed by atoms with Crippen molar-refractivity contribution in [3.63, 3.8) is 0 Å². The van der Waals surface area contributed by atoms with E-state index in [1.54, 1.807) is 12.1 Å². The molecule has 140 valence electrons. The molecule has 2 heterocycles. The monoisotopic (exact) mass is 358 g/mol. The maximum atomic E-state index is 12.2. The Balaban J connectivity index is 1.39. The fourth-order valence-corrected chi connectivity index (χ4v) is 2.86. The second kappa shape index (κ2) is 9.40. The van der Waals surface area contributed by atoms with Crippen LogP contribution in [0.5, 0.6) is 5.75 Å². The smallest absolute Gasteiger partial charge is 0.286 e. The molecule has 0 unspecified atom stereocenters. The minimum atomic E-state index is -0.186. The van der Waals surface area contributed by atoms with Gasteiger partial charge in [-0.3, -0.25) is 9.69 Å². The second-order valence-corrected chi connectivity index (χ2v) is 6.38. The molecular weight excluding hydrogens is 332 g/mol. The zero-order chi connectivity index (χ0) is 18.2. The number of hydrogen-bond acceptors (Lipinski definition) is 5. The summed E-state index contributed by atoms with van der Waals surface area (Å²) in [5, 5.41) is 2.90. The van der Waals surface area contributed by atoms with Gasteiger partial charge in [0, 0.05) is 19.6 Å². The summed E-state index contributed by atoms with van der Waals surface area (Å²) in [6.45, 7) is 7.43. The van der Waals surface area contributed by atoms with Crippen LogP contribution in [-0.2, 0) is 11.3 Å². The summed E-state index contributed by atoms with van der Waals surface area (Å²) in [6.07, 6.45) is 0.912. The normalized spacial score (nSPS) is 15.0. The van der Waals surface area contributed by atoms with Gasteiger partial charge in [-0.2, -0.15) is 0 Å². The summed E-state index contributed by atoms with van der Waals surface area (Å²) in [6, 6.07) is 11.3. The maximum Gasteiger partial charge on any atom is 0.286 e. The molecule has 1 aliphatic heterocycles. The largest absolute Gasteiger partial charge is 0.485 e. The molecule has 26 heavy (non-hydrogen) atoms. The Morgan fingerprint density at radius 1 is 1.19 bits per heavy atom. The van der Waals surface area contributed by atoms with Crippen molar-refractivity contribution in [2.45, 2.75) is 20.0 Å². The summed E-state index contributed by atoms with van der Waals surface area (Å²) < 4.78 is 16.7. The molecule has 0 radical (unpaired) electrons. The van der Waals surface area contributed by atoms with Gasteiger partial charge in [-0.25, -0.2) is 0 Å². The summed E-state index contributed by atoms with van der Waals surface area (Å²) in [5.41, 5.74) is 1.07. The van der Waals surface area contributed by atoms with Gasteiger partial charge >= 0.3 is 0 Å². The number of carbonyl (C=O) groups is 1. The number of hydrogen-bond donors (Lipinski definition) is 1. The van der Waals surface area contributed by atoms with Crippen molar-refractivity contribution in [2.24, 2.45) is 0 Å². The predicted octanol–water partition coefficient (Wildman–Crippen LogP) is 2.62. The molecule has 3 rings (SSSR count). The molecule has 1 amide bonds. The highest BCUT2D eigenvalue weighted by molar-refractivity contribution is 5.91. The van der Waals surface area contributed by atoms with Crippen LogP contribution in [0.3, 0.4) is 0 Å². The van der Waals surface area contributed by atoms with Crippen LogP contribution < -0.4 is 10.1 Å². The van der Waals surface area contributed by atoms with Gasteiger partial charge in [0.15, 0.2) is 5.76 Å². The van der Waals surface area contributed by atoms with E-state index in [2.05, 4.69) is 10.2 Å². The summed E-state index contributed by atoms with van der Waals surface area (Å²) in [5.74, 6) is 1.58. The predicted molar refractivity (Wildman–Crippen MR) is 98.4 cm³/mol. The topological polar surface area (TPSA) is 63.9 Å². The number of ether oxygens (including phenoxy) is 2. The van der Waals surface area contributed by atoms with Crippen LogP contribution in [0.25, 0.3) is 0 Å². The van der Waals surface area contributed by atoms with Crippen LogP contribution in [0.15, 0.2) is 40.8 Å². The van der Waals surface area contributed by atoms with Gasteiger partial charge in [0.05, 0.1) is 13.2 Å². The number of nitrogens with one attached hydrogen (secondary N) is 1. The molecule has 0 atom stereocenters. The van der Waals surface area contributed by atoms with Crippen LogP contribution in [-0.4, -0.2) is 50.2 Å². The van der Waals surface area contributed by atoms with Crippen molar-refractivity contribution in [3.8, 4) is 5.75 Å². The molecule has 1 aliphatic rings. The Labute approximate surface area is 154 Å². The zero-order valence-corrected chi connectivity index (χ0v) is 15.2. The average molecular weight is 358 g/mol. The first-order valence-corrected chi connectivity index (χ1v) is 9.08. The lowest BCUT2D eigenvalue weighted by atomic mass is 10.2. The van der Waals surface area contributed by atoms with Crippen molar-refractivity contribution in [2.75, 3.05) is 39.4 Å². The molecule has 0 spiro atoms. The van der Waals surface area contributed by atoms with Crippen LogP contribution in [0.2, 0.25) is 0 Å².